The Bertz CT molecular complexity index is 816. The van der Waals surface area contributed by atoms with Crippen LogP contribution in [-0.2, 0) is 6.54 Å². The monoisotopic (exact) mass is 302 g/mol. The smallest absolute Gasteiger partial charge is 0.251 e. The molecule has 0 radical (unpaired) electrons. The number of nitrogens with zero attached hydrogens (tertiary/aromatic N) is 3. The lowest BCUT2D eigenvalue weighted by atomic mass is 10.2. The predicted octanol–water partition coefficient (Wildman–Crippen LogP) is 2.02. The molecule has 0 spiro atoms. The topological polar surface area (TPSA) is 79.5 Å². The van der Waals surface area contributed by atoms with Gasteiger partial charge in [0.25, 0.3) is 5.91 Å². The van der Waals surface area contributed by atoms with Crippen LogP contribution in [0.2, 0.25) is 5.02 Å². The second-order valence-electron chi connectivity index (χ2n) is 4.39. The van der Waals surface area contributed by atoms with E-state index in [9.17, 15) is 9.90 Å². The minimum Gasteiger partial charge on any atom is -0.506 e. The third-order valence-electron chi connectivity index (χ3n) is 3.00. The largest absolute Gasteiger partial charge is 0.506 e. The minimum absolute atomic E-state index is 0.0586. The van der Waals surface area contributed by atoms with Crippen molar-refractivity contribution in [2.45, 2.75) is 6.54 Å². The van der Waals surface area contributed by atoms with Gasteiger partial charge in [0.1, 0.15) is 5.75 Å². The van der Waals surface area contributed by atoms with Crippen LogP contribution >= 0.6 is 11.6 Å². The lowest BCUT2D eigenvalue weighted by Crippen LogP contribution is -2.23. The number of hydrogen-bond acceptors (Lipinski definition) is 4. The molecular formula is C14H11ClN4O2. The first-order chi connectivity index (χ1) is 10.1. The Hall–Kier alpha value is -2.60. The van der Waals surface area contributed by atoms with E-state index in [2.05, 4.69) is 15.5 Å². The molecule has 1 amide bonds. The normalized spacial score (nSPS) is 10.7. The van der Waals surface area contributed by atoms with Crippen LogP contribution in [0.15, 0.2) is 42.6 Å². The summed E-state index contributed by atoms with van der Waals surface area (Å²) in [7, 11) is 0. The fourth-order valence-corrected chi connectivity index (χ4v) is 2.10. The van der Waals surface area contributed by atoms with Gasteiger partial charge >= 0.3 is 0 Å². The molecule has 0 bridgehead atoms. The van der Waals surface area contributed by atoms with E-state index in [1.54, 1.807) is 4.40 Å². The molecule has 0 aliphatic heterocycles. The molecule has 2 heterocycles. The summed E-state index contributed by atoms with van der Waals surface area (Å²) in [5.74, 6) is 0.269. The van der Waals surface area contributed by atoms with Crippen LogP contribution in [0.5, 0.6) is 5.75 Å². The van der Waals surface area contributed by atoms with Crippen molar-refractivity contribution in [1.82, 2.24) is 19.9 Å². The highest BCUT2D eigenvalue weighted by atomic mass is 35.5. The summed E-state index contributed by atoms with van der Waals surface area (Å²) in [4.78, 5) is 12.0. The first-order valence-corrected chi connectivity index (χ1v) is 6.58. The molecule has 106 valence electrons. The van der Waals surface area contributed by atoms with Crippen molar-refractivity contribution in [3.05, 3.63) is 59.0 Å². The maximum atomic E-state index is 12.0. The first kappa shape index (κ1) is 13.4. The van der Waals surface area contributed by atoms with E-state index in [-0.39, 0.29) is 23.2 Å². The molecule has 1 aromatic carbocycles. The van der Waals surface area contributed by atoms with Crippen molar-refractivity contribution < 1.29 is 9.90 Å². The van der Waals surface area contributed by atoms with Crippen molar-refractivity contribution >= 4 is 23.2 Å². The Labute approximate surface area is 125 Å². The highest BCUT2D eigenvalue weighted by Crippen LogP contribution is 2.23. The maximum Gasteiger partial charge on any atom is 0.251 e. The van der Waals surface area contributed by atoms with E-state index < -0.39 is 0 Å². The number of pyridine rings is 1. The van der Waals surface area contributed by atoms with Crippen LogP contribution in [0.3, 0.4) is 0 Å². The average molecular weight is 303 g/mol. The molecule has 2 aromatic heterocycles. The van der Waals surface area contributed by atoms with Gasteiger partial charge in [-0.15, -0.1) is 10.2 Å². The number of fused-ring (bicyclic) bond motifs is 1. The molecule has 0 saturated heterocycles. The lowest BCUT2D eigenvalue weighted by molar-refractivity contribution is 0.0950. The number of aromatic hydroxyl groups is 1. The van der Waals surface area contributed by atoms with Crippen LogP contribution in [0.4, 0.5) is 0 Å². The van der Waals surface area contributed by atoms with Crippen molar-refractivity contribution in [2.75, 3.05) is 0 Å². The number of aromatic nitrogens is 3. The van der Waals surface area contributed by atoms with Crippen LogP contribution < -0.4 is 5.32 Å². The zero-order valence-electron chi connectivity index (χ0n) is 10.8. The van der Waals surface area contributed by atoms with Crippen LogP contribution in [0.1, 0.15) is 16.2 Å². The summed E-state index contributed by atoms with van der Waals surface area (Å²) in [6, 6.07) is 9.85. The number of halogens is 1. The number of phenols is 1. The second-order valence-corrected chi connectivity index (χ2v) is 4.80. The van der Waals surface area contributed by atoms with Crippen LogP contribution in [0, 0.1) is 0 Å². The van der Waals surface area contributed by atoms with Gasteiger partial charge in [0.15, 0.2) is 11.5 Å². The quantitative estimate of drug-likeness (QED) is 0.776. The molecule has 0 fully saturated rings. The number of benzene rings is 1. The second kappa shape index (κ2) is 5.41. The van der Waals surface area contributed by atoms with E-state index in [1.165, 1.54) is 18.2 Å². The number of rotatable bonds is 3. The average Bonchev–Trinajstić information content (AvgIpc) is 2.91. The van der Waals surface area contributed by atoms with Gasteiger partial charge in [0, 0.05) is 11.8 Å². The standard InChI is InChI=1S/C14H11ClN4O2/c15-10-7-9(4-5-11(10)20)14(21)16-8-13-18-17-12-3-1-2-6-19(12)13/h1-7,20H,8H2,(H,16,21). The Kier molecular flexibility index (Phi) is 3.45. The van der Waals surface area contributed by atoms with E-state index >= 15 is 0 Å². The van der Waals surface area contributed by atoms with Crippen molar-refractivity contribution in [1.29, 1.82) is 0 Å². The number of amides is 1. The Morgan fingerprint density at radius 3 is 2.95 bits per heavy atom. The molecule has 0 unspecified atom stereocenters. The molecule has 0 aliphatic carbocycles. The number of phenolic OH excluding ortho intramolecular Hbond substituents is 1. The molecule has 6 nitrogen and oxygen atoms in total. The highest BCUT2D eigenvalue weighted by molar-refractivity contribution is 6.32. The Morgan fingerprint density at radius 2 is 2.14 bits per heavy atom. The van der Waals surface area contributed by atoms with Gasteiger partial charge in [-0.1, -0.05) is 17.7 Å². The van der Waals surface area contributed by atoms with E-state index in [0.29, 0.717) is 11.4 Å². The predicted molar refractivity (Wildman–Crippen MR) is 77.3 cm³/mol. The summed E-state index contributed by atoms with van der Waals surface area (Å²) in [6.07, 6.45) is 1.83. The van der Waals surface area contributed by atoms with Crippen molar-refractivity contribution in [3.63, 3.8) is 0 Å². The molecule has 0 saturated carbocycles. The molecular weight excluding hydrogens is 292 g/mol. The number of carbonyl (C=O) groups is 1. The van der Waals surface area contributed by atoms with Gasteiger partial charge in [0.05, 0.1) is 11.6 Å². The van der Waals surface area contributed by atoms with Crippen molar-refractivity contribution in [3.8, 4) is 5.75 Å². The van der Waals surface area contributed by atoms with E-state index in [4.69, 9.17) is 11.6 Å². The molecule has 21 heavy (non-hydrogen) atoms. The third-order valence-corrected chi connectivity index (χ3v) is 3.30. The third kappa shape index (κ3) is 2.66. The molecule has 2 N–H and O–H groups in total. The van der Waals surface area contributed by atoms with Gasteiger partial charge in [-0.2, -0.15) is 0 Å². The molecule has 7 heteroatoms. The molecule has 0 atom stereocenters. The zero-order chi connectivity index (χ0) is 14.8. The van der Waals surface area contributed by atoms with Gasteiger partial charge in [-0.05, 0) is 30.3 Å². The minimum atomic E-state index is -0.301. The fourth-order valence-electron chi connectivity index (χ4n) is 1.92. The number of hydrogen-bond donors (Lipinski definition) is 2. The van der Waals surface area contributed by atoms with Gasteiger partial charge in [-0.3, -0.25) is 9.20 Å². The summed E-state index contributed by atoms with van der Waals surface area (Å²) in [5, 5.41) is 20.2. The van der Waals surface area contributed by atoms with E-state index in [1.807, 2.05) is 24.4 Å². The number of nitrogens with one attached hydrogen (secondary N) is 1. The van der Waals surface area contributed by atoms with E-state index in [0.717, 1.165) is 5.65 Å². The highest BCUT2D eigenvalue weighted by Gasteiger charge is 2.10. The SMILES string of the molecule is O=C(NCc1nnc2ccccn12)c1ccc(O)c(Cl)c1. The summed E-state index contributed by atoms with van der Waals surface area (Å²) >= 11 is 5.78. The van der Waals surface area contributed by atoms with Crippen LogP contribution in [0.25, 0.3) is 5.65 Å². The zero-order valence-corrected chi connectivity index (χ0v) is 11.6. The van der Waals surface area contributed by atoms with Gasteiger partial charge in [-0.25, -0.2) is 0 Å². The molecule has 0 aliphatic rings. The Balaban J connectivity index is 1.75. The van der Waals surface area contributed by atoms with Gasteiger partial charge < -0.3 is 10.4 Å². The molecule has 3 aromatic rings. The van der Waals surface area contributed by atoms with Crippen LogP contribution in [-0.4, -0.2) is 25.6 Å². The van der Waals surface area contributed by atoms with Gasteiger partial charge in [0.2, 0.25) is 0 Å². The van der Waals surface area contributed by atoms with Crippen molar-refractivity contribution in [2.24, 2.45) is 0 Å². The first-order valence-electron chi connectivity index (χ1n) is 6.20. The fraction of sp³-hybridized carbons (Fsp3) is 0.0714. The lowest BCUT2D eigenvalue weighted by Gasteiger charge is -2.05. The number of carbonyl (C=O) groups excluding carboxylic acids is 1. The summed E-state index contributed by atoms with van der Waals surface area (Å²) in [5.41, 5.74) is 1.08. The molecule has 3 rings (SSSR count). The Morgan fingerprint density at radius 1 is 1.29 bits per heavy atom. The summed E-state index contributed by atoms with van der Waals surface area (Å²) < 4.78 is 1.80. The maximum absolute atomic E-state index is 12.0. The summed E-state index contributed by atoms with van der Waals surface area (Å²) in [6.45, 7) is 0.239.